The Kier molecular flexibility index (Phi) is 6.99. The summed E-state index contributed by atoms with van der Waals surface area (Å²) in [5.74, 6) is 0.0352. The molecule has 2 rings (SSSR count). The molecule has 1 aliphatic heterocycles. The van der Waals surface area contributed by atoms with Crippen LogP contribution in [0.1, 0.15) is 33.3 Å². The van der Waals surface area contributed by atoms with Gasteiger partial charge in [0.05, 0.1) is 19.3 Å². The number of nitrogens with zero attached hydrogens (tertiary/aromatic N) is 2. The van der Waals surface area contributed by atoms with E-state index in [-0.39, 0.29) is 17.4 Å². The number of likely N-dealkylation sites (N-methyl/N-ethyl adjacent to an activating group) is 1. The quantitative estimate of drug-likeness (QED) is 0.859. The van der Waals surface area contributed by atoms with E-state index in [0.29, 0.717) is 0 Å². The zero-order valence-corrected chi connectivity index (χ0v) is 16.3. The molecule has 5 nitrogen and oxygen atoms in total. The Morgan fingerprint density at radius 3 is 2.40 bits per heavy atom. The van der Waals surface area contributed by atoms with Crippen LogP contribution in [0.5, 0.6) is 0 Å². The van der Waals surface area contributed by atoms with E-state index in [9.17, 15) is 4.79 Å². The van der Waals surface area contributed by atoms with Crippen molar-refractivity contribution in [3.8, 4) is 0 Å². The molecule has 0 bridgehead atoms. The number of hydrogen-bond donors (Lipinski definition) is 1. The van der Waals surface area contributed by atoms with Crippen molar-refractivity contribution in [3.05, 3.63) is 29.8 Å². The van der Waals surface area contributed by atoms with Crippen molar-refractivity contribution in [2.45, 2.75) is 39.2 Å². The van der Waals surface area contributed by atoms with Crippen molar-refractivity contribution in [2.24, 2.45) is 0 Å². The summed E-state index contributed by atoms with van der Waals surface area (Å²) in [7, 11) is 2.01. The van der Waals surface area contributed by atoms with Crippen LogP contribution in [-0.4, -0.2) is 68.2 Å². The Hall–Kier alpha value is -1.43. The standard InChI is InChI=1S/C20H33N3O2/c1-16(22(5)10-11-23-12-14-25-15-13-23)19(24)21-18-8-6-17(7-9-18)20(2,3)4/h6-9,16H,10-15H2,1-5H3,(H,21,24)/t16-/m1/s1. The molecule has 1 heterocycles. The number of hydrogen-bond acceptors (Lipinski definition) is 4. The second kappa shape index (κ2) is 8.79. The van der Waals surface area contributed by atoms with Gasteiger partial charge >= 0.3 is 0 Å². The van der Waals surface area contributed by atoms with Crippen LogP contribution < -0.4 is 5.32 Å². The first-order valence-electron chi connectivity index (χ1n) is 9.19. The van der Waals surface area contributed by atoms with E-state index in [1.165, 1.54) is 5.56 Å². The molecule has 0 aromatic heterocycles. The number of benzene rings is 1. The van der Waals surface area contributed by atoms with Gasteiger partial charge in [0.2, 0.25) is 5.91 Å². The van der Waals surface area contributed by atoms with Crippen LogP contribution in [0.4, 0.5) is 5.69 Å². The Morgan fingerprint density at radius 1 is 1.24 bits per heavy atom. The second-order valence-corrected chi connectivity index (χ2v) is 7.93. The zero-order valence-electron chi connectivity index (χ0n) is 16.3. The summed E-state index contributed by atoms with van der Waals surface area (Å²) in [5.41, 5.74) is 2.24. The van der Waals surface area contributed by atoms with E-state index in [2.05, 4.69) is 48.0 Å². The van der Waals surface area contributed by atoms with Crippen LogP contribution in [0.15, 0.2) is 24.3 Å². The highest BCUT2D eigenvalue weighted by Gasteiger charge is 2.20. The van der Waals surface area contributed by atoms with Gasteiger partial charge in [-0.1, -0.05) is 32.9 Å². The summed E-state index contributed by atoms with van der Waals surface area (Å²) in [4.78, 5) is 17.0. The maximum Gasteiger partial charge on any atom is 0.241 e. The Balaban J connectivity index is 1.82. The lowest BCUT2D eigenvalue weighted by molar-refractivity contribution is -0.120. The molecule has 1 aliphatic rings. The third kappa shape index (κ3) is 6.10. The third-order valence-electron chi connectivity index (χ3n) is 4.93. The molecule has 1 atom stereocenters. The summed E-state index contributed by atoms with van der Waals surface area (Å²) in [6.45, 7) is 13.9. The topological polar surface area (TPSA) is 44.8 Å². The van der Waals surface area contributed by atoms with E-state index in [1.54, 1.807) is 0 Å². The smallest absolute Gasteiger partial charge is 0.241 e. The molecule has 140 valence electrons. The molecule has 1 fully saturated rings. The van der Waals surface area contributed by atoms with E-state index in [0.717, 1.165) is 45.1 Å². The molecule has 25 heavy (non-hydrogen) atoms. The summed E-state index contributed by atoms with van der Waals surface area (Å²) < 4.78 is 5.37. The molecule has 0 radical (unpaired) electrons. The van der Waals surface area contributed by atoms with Gasteiger partial charge in [-0.15, -0.1) is 0 Å². The van der Waals surface area contributed by atoms with Crippen LogP contribution in [0.25, 0.3) is 0 Å². The Morgan fingerprint density at radius 2 is 1.84 bits per heavy atom. The lowest BCUT2D eigenvalue weighted by Crippen LogP contribution is -2.45. The van der Waals surface area contributed by atoms with Gasteiger partial charge < -0.3 is 10.1 Å². The first kappa shape index (κ1) is 19.9. The first-order chi connectivity index (χ1) is 11.8. The van der Waals surface area contributed by atoms with Crippen LogP contribution in [0.2, 0.25) is 0 Å². The lowest BCUT2D eigenvalue weighted by atomic mass is 9.87. The van der Waals surface area contributed by atoms with Gasteiger partial charge in [-0.25, -0.2) is 0 Å². The number of nitrogens with one attached hydrogen (secondary N) is 1. The number of amides is 1. The number of carbonyl (C=O) groups is 1. The molecule has 1 saturated heterocycles. The molecule has 0 spiro atoms. The number of morpholine rings is 1. The minimum Gasteiger partial charge on any atom is -0.379 e. The molecule has 1 N–H and O–H groups in total. The first-order valence-corrected chi connectivity index (χ1v) is 9.19. The van der Waals surface area contributed by atoms with Crippen molar-refractivity contribution in [1.29, 1.82) is 0 Å². The third-order valence-corrected chi connectivity index (χ3v) is 4.93. The number of anilines is 1. The minimum atomic E-state index is -0.164. The molecule has 0 saturated carbocycles. The Labute approximate surface area is 152 Å². The van der Waals surface area contributed by atoms with Gasteiger partial charge in [0.1, 0.15) is 0 Å². The molecular formula is C20H33N3O2. The van der Waals surface area contributed by atoms with Gasteiger partial charge in [0.25, 0.3) is 0 Å². The maximum atomic E-state index is 12.5. The van der Waals surface area contributed by atoms with Crippen molar-refractivity contribution < 1.29 is 9.53 Å². The molecule has 5 heteroatoms. The average Bonchev–Trinajstić information content (AvgIpc) is 2.59. The Bertz CT molecular complexity index is 545. The molecule has 0 unspecified atom stereocenters. The highest BCUT2D eigenvalue weighted by Crippen LogP contribution is 2.23. The van der Waals surface area contributed by atoms with Crippen LogP contribution in [-0.2, 0) is 14.9 Å². The summed E-state index contributed by atoms with van der Waals surface area (Å²) in [6, 6.07) is 7.98. The van der Waals surface area contributed by atoms with Crippen molar-refractivity contribution in [2.75, 3.05) is 51.8 Å². The van der Waals surface area contributed by atoms with E-state index in [1.807, 2.05) is 26.1 Å². The number of carbonyl (C=O) groups excluding carboxylic acids is 1. The maximum absolute atomic E-state index is 12.5. The van der Waals surface area contributed by atoms with E-state index < -0.39 is 0 Å². The monoisotopic (exact) mass is 347 g/mol. The van der Waals surface area contributed by atoms with Crippen LogP contribution in [0.3, 0.4) is 0 Å². The van der Waals surface area contributed by atoms with Gasteiger partial charge in [0, 0.05) is 31.9 Å². The van der Waals surface area contributed by atoms with E-state index in [4.69, 9.17) is 4.74 Å². The minimum absolute atomic E-state index is 0.0352. The number of ether oxygens (including phenoxy) is 1. The lowest BCUT2D eigenvalue weighted by Gasteiger charge is -2.30. The van der Waals surface area contributed by atoms with Gasteiger partial charge in [-0.2, -0.15) is 0 Å². The largest absolute Gasteiger partial charge is 0.379 e. The molecule has 0 aliphatic carbocycles. The summed E-state index contributed by atoms with van der Waals surface area (Å²) in [5, 5.41) is 3.02. The zero-order chi connectivity index (χ0) is 18.4. The summed E-state index contributed by atoms with van der Waals surface area (Å²) >= 11 is 0. The molecular weight excluding hydrogens is 314 g/mol. The fraction of sp³-hybridized carbons (Fsp3) is 0.650. The fourth-order valence-electron chi connectivity index (χ4n) is 2.82. The predicted octanol–water partition coefficient (Wildman–Crippen LogP) is 2.58. The van der Waals surface area contributed by atoms with Crippen LogP contribution in [0, 0.1) is 0 Å². The van der Waals surface area contributed by atoms with Crippen molar-refractivity contribution in [3.63, 3.8) is 0 Å². The van der Waals surface area contributed by atoms with E-state index >= 15 is 0 Å². The second-order valence-electron chi connectivity index (χ2n) is 7.93. The molecule has 1 aromatic rings. The van der Waals surface area contributed by atoms with Gasteiger partial charge in [-0.05, 0) is 37.1 Å². The van der Waals surface area contributed by atoms with Crippen LogP contribution >= 0.6 is 0 Å². The van der Waals surface area contributed by atoms with Crippen molar-refractivity contribution >= 4 is 11.6 Å². The van der Waals surface area contributed by atoms with Gasteiger partial charge in [-0.3, -0.25) is 14.6 Å². The molecule has 1 amide bonds. The average molecular weight is 348 g/mol. The molecule has 1 aromatic carbocycles. The fourth-order valence-corrected chi connectivity index (χ4v) is 2.82. The predicted molar refractivity (Wildman–Crippen MR) is 103 cm³/mol. The normalized spacial score (nSPS) is 17.5. The summed E-state index contributed by atoms with van der Waals surface area (Å²) in [6.07, 6.45) is 0. The number of rotatable bonds is 6. The SMILES string of the molecule is C[C@H](C(=O)Nc1ccc(C(C)(C)C)cc1)N(C)CCN1CCOCC1. The highest BCUT2D eigenvalue weighted by atomic mass is 16.5. The highest BCUT2D eigenvalue weighted by molar-refractivity contribution is 5.94. The van der Waals surface area contributed by atoms with Crippen molar-refractivity contribution in [1.82, 2.24) is 9.80 Å². The van der Waals surface area contributed by atoms with Gasteiger partial charge in [0.15, 0.2) is 0 Å².